The van der Waals surface area contributed by atoms with Crippen LogP contribution in [-0.2, 0) is 20.9 Å². The van der Waals surface area contributed by atoms with Gasteiger partial charge < -0.3 is 25.1 Å². The summed E-state index contributed by atoms with van der Waals surface area (Å²) >= 11 is 0. The summed E-state index contributed by atoms with van der Waals surface area (Å²) in [6.07, 6.45) is 12.6. The van der Waals surface area contributed by atoms with E-state index in [0.717, 1.165) is 56.1 Å². The number of hydrogen-bond acceptors (Lipinski definition) is 13. The minimum Gasteiger partial charge on any atom is -0.389 e. The maximum Gasteiger partial charge on any atom is 0.249 e. The van der Waals surface area contributed by atoms with Gasteiger partial charge in [-0.3, -0.25) is 29.3 Å². The third kappa shape index (κ3) is 9.62. The van der Waals surface area contributed by atoms with E-state index in [4.69, 9.17) is 15.1 Å². The van der Waals surface area contributed by atoms with E-state index in [1.807, 2.05) is 51.3 Å². The van der Waals surface area contributed by atoms with Gasteiger partial charge in [0.2, 0.25) is 17.7 Å². The topological polar surface area (TPSA) is 193 Å². The van der Waals surface area contributed by atoms with Crippen LogP contribution in [0.2, 0.25) is 0 Å². The van der Waals surface area contributed by atoms with Crippen molar-refractivity contribution in [1.29, 1.82) is 5.26 Å². The van der Waals surface area contributed by atoms with E-state index in [9.17, 15) is 24.8 Å². The lowest BCUT2D eigenvalue weighted by molar-refractivity contribution is -0.139. The van der Waals surface area contributed by atoms with Gasteiger partial charge in [0.1, 0.15) is 34.8 Å². The van der Waals surface area contributed by atoms with Crippen LogP contribution >= 0.6 is 0 Å². The van der Waals surface area contributed by atoms with Crippen molar-refractivity contribution in [2.75, 3.05) is 67.5 Å². The number of benzene rings is 2. The number of likely N-dealkylation sites (tertiary alicyclic amines) is 1. The zero-order valence-corrected chi connectivity index (χ0v) is 37.8. The highest BCUT2D eigenvalue weighted by atomic mass is 19.1. The Kier molecular flexibility index (Phi) is 12.6. The Morgan fingerprint density at radius 3 is 2.46 bits per heavy atom. The van der Waals surface area contributed by atoms with Gasteiger partial charge in [0.25, 0.3) is 0 Å². The summed E-state index contributed by atoms with van der Waals surface area (Å²) < 4.78 is 18.9. The van der Waals surface area contributed by atoms with E-state index in [0.29, 0.717) is 92.1 Å². The Balaban J connectivity index is 0.741. The van der Waals surface area contributed by atoms with E-state index in [-0.39, 0.29) is 30.7 Å². The molecule has 350 valence electrons. The molecule has 4 aromatic heterocycles. The van der Waals surface area contributed by atoms with Crippen molar-refractivity contribution in [1.82, 2.24) is 44.5 Å². The number of nitrogens with one attached hydrogen (secondary N) is 2. The Hall–Kier alpha value is -7.23. The highest BCUT2D eigenvalue weighted by Crippen LogP contribution is 2.34. The van der Waals surface area contributed by atoms with Crippen molar-refractivity contribution >= 4 is 40.4 Å². The van der Waals surface area contributed by atoms with Gasteiger partial charge in [-0.25, -0.2) is 18.9 Å². The number of rotatable bonds is 11. The molecule has 2 aromatic carbocycles. The molecule has 0 bridgehead atoms. The summed E-state index contributed by atoms with van der Waals surface area (Å²) in [5.74, 6) is -0.396. The number of amides is 3. The van der Waals surface area contributed by atoms with Crippen LogP contribution in [0.1, 0.15) is 68.5 Å². The molecule has 68 heavy (non-hydrogen) atoms. The zero-order chi connectivity index (χ0) is 46.8. The van der Waals surface area contributed by atoms with E-state index in [2.05, 4.69) is 55.9 Å². The molecule has 3 N–H and O–H groups in total. The van der Waals surface area contributed by atoms with Crippen molar-refractivity contribution in [3.63, 3.8) is 0 Å². The lowest BCUT2D eigenvalue weighted by Crippen LogP contribution is -2.49. The average Bonchev–Trinajstić information content (AvgIpc) is 3.96. The highest BCUT2D eigenvalue weighted by Gasteiger charge is 2.37. The Labute approximate surface area is 393 Å². The van der Waals surface area contributed by atoms with Gasteiger partial charge in [-0.15, -0.1) is 0 Å². The van der Waals surface area contributed by atoms with Crippen molar-refractivity contribution in [2.45, 2.75) is 75.6 Å². The summed E-state index contributed by atoms with van der Waals surface area (Å²) in [7, 11) is 0. The number of aromatic nitrogens is 6. The molecule has 1 unspecified atom stereocenters. The molecule has 3 amide bonds. The smallest absolute Gasteiger partial charge is 0.249 e. The first kappa shape index (κ1) is 44.6. The maximum atomic E-state index is 15.3. The second kappa shape index (κ2) is 19.2. The Bertz CT molecular complexity index is 2850. The van der Waals surface area contributed by atoms with Gasteiger partial charge in [-0.2, -0.15) is 15.5 Å². The number of carbonyl (C=O) groups is 3. The second-order valence-electron chi connectivity index (χ2n) is 18.5. The zero-order valence-electron chi connectivity index (χ0n) is 37.8. The summed E-state index contributed by atoms with van der Waals surface area (Å²) in [5, 5.41) is 36.1. The number of nitriles is 1. The van der Waals surface area contributed by atoms with E-state index < -0.39 is 23.4 Å². The number of fused-ring (bicyclic) bond motifs is 1. The third-order valence-electron chi connectivity index (χ3n) is 13.9. The monoisotopic (exact) mass is 919 g/mol. The van der Waals surface area contributed by atoms with Crippen LogP contribution in [0.5, 0.6) is 0 Å². The normalized spacial score (nSPS) is 19.4. The van der Waals surface area contributed by atoms with Crippen molar-refractivity contribution in [3.05, 3.63) is 109 Å². The molecule has 0 aliphatic carbocycles. The van der Waals surface area contributed by atoms with Gasteiger partial charge in [-0.1, -0.05) is 30.3 Å². The van der Waals surface area contributed by atoms with Crippen molar-refractivity contribution < 1.29 is 23.9 Å². The molecule has 1 atom stereocenters. The Morgan fingerprint density at radius 2 is 1.71 bits per heavy atom. The fourth-order valence-corrected chi connectivity index (χ4v) is 10.0. The number of halogens is 1. The first-order valence-electron chi connectivity index (χ1n) is 23.5. The summed E-state index contributed by atoms with van der Waals surface area (Å²) in [6, 6.07) is 21.0. The molecule has 0 saturated carbocycles. The number of imide groups is 1. The van der Waals surface area contributed by atoms with Gasteiger partial charge in [0.15, 0.2) is 0 Å². The maximum absolute atomic E-state index is 15.3. The van der Waals surface area contributed by atoms with Gasteiger partial charge in [0.05, 0.1) is 53.7 Å². The molecule has 0 spiro atoms. The summed E-state index contributed by atoms with van der Waals surface area (Å²) in [5.41, 5.74) is 4.81. The minimum absolute atomic E-state index is 0.00339. The quantitative estimate of drug-likeness (QED) is 0.144. The van der Waals surface area contributed by atoms with Gasteiger partial charge in [0, 0.05) is 94.5 Å². The van der Waals surface area contributed by atoms with E-state index in [1.54, 1.807) is 29.0 Å². The van der Waals surface area contributed by atoms with Gasteiger partial charge in [-0.05, 0) is 74.4 Å². The average molecular weight is 920 g/mol. The van der Waals surface area contributed by atoms with Crippen LogP contribution in [0.15, 0.2) is 91.6 Å². The standard InChI is InChI=1S/C50H54FN13O4/c51-40-25-38(56-41-9-12-45(65)58-49(41)67)8-10-43(40)60-21-15-50(68,16-22-60)26-46(66)62-19-13-39(14-20-62)63-32-37(30-54-63)42-33-64-48(36(27-52)29-55-64)47(57-42)35-7-11-44(53-28-35)61-18-4-17-59(23-24-61)31-34-5-2-1-3-6-34/h1-3,5-8,10-11,25,28-30,32-33,39,41,56,68H,4,9,12-24,26,31H2,(H,58,65,67). The van der Waals surface area contributed by atoms with Crippen LogP contribution in [-0.4, -0.2) is 126 Å². The third-order valence-corrected chi connectivity index (χ3v) is 13.9. The molecule has 4 fully saturated rings. The molecule has 18 heteroatoms. The molecule has 6 aromatic rings. The number of pyridine rings is 1. The number of aliphatic hydroxyl groups is 1. The summed E-state index contributed by atoms with van der Waals surface area (Å²) in [4.78, 5) is 55.7. The summed E-state index contributed by atoms with van der Waals surface area (Å²) in [6.45, 7) is 6.50. The Morgan fingerprint density at radius 1 is 0.882 bits per heavy atom. The molecule has 4 saturated heterocycles. The highest BCUT2D eigenvalue weighted by molar-refractivity contribution is 6.01. The van der Waals surface area contributed by atoms with Crippen LogP contribution < -0.4 is 20.4 Å². The minimum atomic E-state index is -1.20. The predicted octanol–water partition coefficient (Wildman–Crippen LogP) is 5.18. The molecule has 4 aliphatic rings. The first-order valence-corrected chi connectivity index (χ1v) is 23.5. The number of nitrogens with zero attached hydrogens (tertiary/aromatic N) is 11. The number of piperidine rings is 3. The lowest BCUT2D eigenvalue weighted by Gasteiger charge is -2.40. The van der Waals surface area contributed by atoms with Crippen LogP contribution in [0.4, 0.5) is 21.6 Å². The van der Waals surface area contributed by atoms with E-state index in [1.165, 1.54) is 11.6 Å². The largest absolute Gasteiger partial charge is 0.389 e. The molecule has 0 radical (unpaired) electrons. The number of hydrogen-bond donors (Lipinski definition) is 3. The van der Waals surface area contributed by atoms with Crippen LogP contribution in [0.3, 0.4) is 0 Å². The lowest BCUT2D eigenvalue weighted by atomic mass is 9.87. The van der Waals surface area contributed by atoms with Crippen molar-refractivity contribution in [3.8, 4) is 28.6 Å². The van der Waals surface area contributed by atoms with Crippen LogP contribution in [0, 0.1) is 17.1 Å². The van der Waals surface area contributed by atoms with Crippen molar-refractivity contribution in [2.24, 2.45) is 0 Å². The molecule has 8 heterocycles. The SMILES string of the molecule is N#Cc1cnn2cc(-c3cnn(C4CCN(C(=O)CC5(O)CCN(c6ccc(NC7CCC(=O)NC7=O)cc6F)CC5)CC4)c3)nc(-c3ccc(N4CCCN(Cc5ccccc5)CC4)nc3)c12. The molecular formula is C50H54FN13O4. The molecule has 10 rings (SSSR count). The molecule has 17 nitrogen and oxygen atoms in total. The van der Waals surface area contributed by atoms with E-state index >= 15 is 4.39 Å². The predicted molar refractivity (Wildman–Crippen MR) is 253 cm³/mol. The fourth-order valence-electron chi connectivity index (χ4n) is 10.0. The second-order valence-corrected chi connectivity index (χ2v) is 18.5. The fraction of sp³-hybridized carbons (Fsp3) is 0.400. The van der Waals surface area contributed by atoms with Gasteiger partial charge >= 0.3 is 0 Å². The molecular weight excluding hydrogens is 866 g/mol. The van der Waals surface area contributed by atoms with Crippen LogP contribution in [0.25, 0.3) is 28.0 Å². The number of carbonyl (C=O) groups excluding carboxylic acids is 3. The number of anilines is 3. The molecule has 4 aliphatic heterocycles. The first-order chi connectivity index (χ1) is 33.1.